The van der Waals surface area contributed by atoms with Gasteiger partial charge in [-0.05, 0) is 29.8 Å². The SMILES string of the molecule is CCC(=O)c1ccc(Oc2ncnc3scc(-c4ccccc4)c23)cc1. The largest absolute Gasteiger partial charge is 0.438 e. The van der Waals surface area contributed by atoms with E-state index in [9.17, 15) is 4.79 Å². The summed E-state index contributed by atoms with van der Waals surface area (Å²) in [7, 11) is 0. The van der Waals surface area contributed by atoms with Gasteiger partial charge >= 0.3 is 0 Å². The quantitative estimate of drug-likeness (QED) is 0.426. The molecule has 0 unspecified atom stereocenters. The maximum Gasteiger partial charge on any atom is 0.231 e. The zero-order chi connectivity index (χ0) is 17.9. The maximum atomic E-state index is 11.8. The van der Waals surface area contributed by atoms with Crippen molar-refractivity contribution in [1.29, 1.82) is 0 Å². The number of rotatable bonds is 5. The van der Waals surface area contributed by atoms with Crippen molar-refractivity contribution in [2.24, 2.45) is 0 Å². The molecule has 0 saturated heterocycles. The lowest BCUT2D eigenvalue weighted by Crippen LogP contribution is -1.96. The van der Waals surface area contributed by atoms with Crippen LogP contribution in [0.4, 0.5) is 0 Å². The Morgan fingerprint density at radius 3 is 2.54 bits per heavy atom. The molecule has 0 bridgehead atoms. The molecule has 0 fully saturated rings. The second-order valence-corrected chi connectivity index (χ2v) is 6.64. The molecule has 0 aliphatic heterocycles. The van der Waals surface area contributed by atoms with Crippen LogP contribution in [0.5, 0.6) is 11.6 Å². The third-order valence-corrected chi connectivity index (χ3v) is 5.02. The molecule has 0 N–H and O–H groups in total. The fourth-order valence-corrected chi connectivity index (χ4v) is 3.69. The molecule has 2 heterocycles. The monoisotopic (exact) mass is 360 g/mol. The van der Waals surface area contributed by atoms with E-state index in [0.717, 1.165) is 21.3 Å². The maximum absolute atomic E-state index is 11.8. The van der Waals surface area contributed by atoms with Crippen molar-refractivity contribution in [3.8, 4) is 22.8 Å². The summed E-state index contributed by atoms with van der Waals surface area (Å²) in [6.07, 6.45) is 2.00. The number of fused-ring (bicyclic) bond motifs is 1. The van der Waals surface area contributed by atoms with Crippen molar-refractivity contribution in [1.82, 2.24) is 9.97 Å². The number of benzene rings is 2. The summed E-state index contributed by atoms with van der Waals surface area (Å²) in [6.45, 7) is 1.85. The molecule has 4 nitrogen and oxygen atoms in total. The minimum absolute atomic E-state index is 0.116. The first-order valence-electron chi connectivity index (χ1n) is 8.35. The molecule has 0 radical (unpaired) electrons. The van der Waals surface area contributed by atoms with E-state index >= 15 is 0 Å². The average molecular weight is 360 g/mol. The van der Waals surface area contributed by atoms with E-state index in [0.29, 0.717) is 23.6 Å². The molecule has 0 atom stereocenters. The summed E-state index contributed by atoms with van der Waals surface area (Å²) in [6, 6.07) is 17.3. The second kappa shape index (κ2) is 7.06. The smallest absolute Gasteiger partial charge is 0.231 e. The van der Waals surface area contributed by atoms with Crippen LogP contribution in [0.1, 0.15) is 23.7 Å². The van der Waals surface area contributed by atoms with E-state index in [1.807, 2.05) is 25.1 Å². The molecule has 26 heavy (non-hydrogen) atoms. The lowest BCUT2D eigenvalue weighted by molar-refractivity contribution is 0.0988. The van der Waals surface area contributed by atoms with Gasteiger partial charge in [0, 0.05) is 22.9 Å². The third-order valence-electron chi connectivity index (χ3n) is 4.13. The lowest BCUT2D eigenvalue weighted by atomic mass is 10.1. The van der Waals surface area contributed by atoms with Gasteiger partial charge in [0.05, 0.1) is 5.39 Å². The first kappa shape index (κ1) is 16.4. The Kier molecular flexibility index (Phi) is 4.46. The number of carbonyl (C=O) groups excluding carboxylic acids is 1. The normalized spacial score (nSPS) is 10.8. The van der Waals surface area contributed by atoms with Gasteiger partial charge in [-0.25, -0.2) is 9.97 Å². The molecule has 0 saturated carbocycles. The predicted octanol–water partition coefficient (Wildman–Crippen LogP) is 5.74. The Bertz CT molecular complexity index is 1060. The van der Waals surface area contributed by atoms with Gasteiger partial charge in [0.25, 0.3) is 0 Å². The highest BCUT2D eigenvalue weighted by atomic mass is 32.1. The summed E-state index contributed by atoms with van der Waals surface area (Å²) in [5.41, 5.74) is 2.84. The molecule has 4 aromatic rings. The number of ether oxygens (including phenoxy) is 1. The zero-order valence-electron chi connectivity index (χ0n) is 14.2. The topological polar surface area (TPSA) is 52.1 Å². The summed E-state index contributed by atoms with van der Waals surface area (Å²) in [5.74, 6) is 1.28. The van der Waals surface area contributed by atoms with Crippen LogP contribution in [0.15, 0.2) is 66.3 Å². The molecule has 0 aliphatic carbocycles. The van der Waals surface area contributed by atoms with Gasteiger partial charge in [0.2, 0.25) is 5.88 Å². The Morgan fingerprint density at radius 2 is 1.81 bits per heavy atom. The van der Waals surface area contributed by atoms with Crippen LogP contribution in [-0.2, 0) is 0 Å². The molecular weight excluding hydrogens is 344 g/mol. The molecule has 0 amide bonds. The van der Waals surface area contributed by atoms with Crippen LogP contribution in [0.2, 0.25) is 0 Å². The fraction of sp³-hybridized carbons (Fsp3) is 0.0952. The first-order valence-corrected chi connectivity index (χ1v) is 9.23. The van der Waals surface area contributed by atoms with Gasteiger partial charge < -0.3 is 4.74 Å². The Morgan fingerprint density at radius 1 is 1.04 bits per heavy atom. The summed E-state index contributed by atoms with van der Waals surface area (Å²) >= 11 is 1.57. The van der Waals surface area contributed by atoms with E-state index in [2.05, 4.69) is 27.5 Å². The molecule has 5 heteroatoms. The Hall–Kier alpha value is -3.05. The highest BCUT2D eigenvalue weighted by Gasteiger charge is 2.15. The predicted molar refractivity (Wildman–Crippen MR) is 104 cm³/mol. The van der Waals surface area contributed by atoms with E-state index in [1.54, 1.807) is 35.6 Å². The van der Waals surface area contributed by atoms with Crippen molar-refractivity contribution < 1.29 is 9.53 Å². The molecule has 2 aromatic carbocycles. The van der Waals surface area contributed by atoms with Gasteiger partial charge in [-0.15, -0.1) is 11.3 Å². The van der Waals surface area contributed by atoms with Crippen LogP contribution in [-0.4, -0.2) is 15.8 Å². The standard InChI is InChI=1S/C21H16N2O2S/c1-2-18(24)15-8-10-16(11-9-15)25-20-19-17(14-6-4-3-5-7-14)12-26-21(19)23-13-22-20/h3-13H,2H2,1H3. The van der Waals surface area contributed by atoms with Crippen LogP contribution < -0.4 is 4.74 Å². The van der Waals surface area contributed by atoms with Gasteiger partial charge in [-0.1, -0.05) is 37.3 Å². The van der Waals surface area contributed by atoms with Gasteiger partial charge in [0.1, 0.15) is 16.9 Å². The van der Waals surface area contributed by atoms with E-state index in [-0.39, 0.29) is 5.78 Å². The first-order chi connectivity index (χ1) is 12.8. The number of carbonyl (C=O) groups is 1. The van der Waals surface area contributed by atoms with Crippen molar-refractivity contribution in [3.63, 3.8) is 0 Å². The molecular formula is C21H16N2O2S. The van der Waals surface area contributed by atoms with Crippen LogP contribution in [0.25, 0.3) is 21.3 Å². The van der Waals surface area contributed by atoms with Gasteiger partial charge in [-0.3, -0.25) is 4.79 Å². The molecule has 128 valence electrons. The second-order valence-electron chi connectivity index (χ2n) is 5.78. The van der Waals surface area contributed by atoms with Gasteiger partial charge in [0.15, 0.2) is 5.78 Å². The summed E-state index contributed by atoms with van der Waals surface area (Å²) in [4.78, 5) is 21.3. The molecule has 4 rings (SSSR count). The zero-order valence-corrected chi connectivity index (χ0v) is 15.0. The average Bonchev–Trinajstić information content (AvgIpc) is 3.14. The van der Waals surface area contributed by atoms with Crippen molar-refractivity contribution in [3.05, 3.63) is 71.9 Å². The van der Waals surface area contributed by atoms with E-state index < -0.39 is 0 Å². The van der Waals surface area contributed by atoms with Crippen LogP contribution >= 0.6 is 11.3 Å². The van der Waals surface area contributed by atoms with Crippen molar-refractivity contribution >= 4 is 27.3 Å². The molecule has 2 aromatic heterocycles. The Balaban J connectivity index is 1.73. The van der Waals surface area contributed by atoms with Crippen LogP contribution in [0, 0.1) is 0 Å². The van der Waals surface area contributed by atoms with E-state index in [4.69, 9.17) is 4.74 Å². The number of thiophene rings is 1. The number of Topliss-reactive ketones (excluding diaryl/α,β-unsaturated/α-hetero) is 1. The number of nitrogens with zero attached hydrogens (tertiary/aromatic N) is 2. The fourth-order valence-electron chi connectivity index (χ4n) is 2.78. The highest BCUT2D eigenvalue weighted by Crippen LogP contribution is 2.38. The Labute approximate surface area is 155 Å². The number of hydrogen-bond donors (Lipinski definition) is 0. The third kappa shape index (κ3) is 3.09. The molecule has 0 spiro atoms. The number of hydrogen-bond acceptors (Lipinski definition) is 5. The number of aromatic nitrogens is 2. The number of ketones is 1. The lowest BCUT2D eigenvalue weighted by Gasteiger charge is -2.08. The summed E-state index contributed by atoms with van der Waals surface area (Å²) in [5, 5.41) is 2.97. The summed E-state index contributed by atoms with van der Waals surface area (Å²) < 4.78 is 6.02. The highest BCUT2D eigenvalue weighted by molar-refractivity contribution is 7.17. The van der Waals surface area contributed by atoms with Crippen molar-refractivity contribution in [2.45, 2.75) is 13.3 Å². The minimum Gasteiger partial charge on any atom is -0.438 e. The van der Waals surface area contributed by atoms with Gasteiger partial charge in [-0.2, -0.15) is 0 Å². The minimum atomic E-state index is 0.116. The van der Waals surface area contributed by atoms with Crippen LogP contribution in [0.3, 0.4) is 0 Å². The molecule has 0 aliphatic rings. The van der Waals surface area contributed by atoms with E-state index in [1.165, 1.54) is 6.33 Å². The van der Waals surface area contributed by atoms with Crippen molar-refractivity contribution in [2.75, 3.05) is 0 Å².